The Hall–Kier alpha value is -0.640. The first kappa shape index (κ1) is 10.9. The van der Waals surface area contributed by atoms with Gasteiger partial charge >= 0.3 is 0 Å². The highest BCUT2D eigenvalue weighted by atomic mass is 79.9. The van der Waals surface area contributed by atoms with E-state index in [2.05, 4.69) is 45.1 Å². The minimum Gasteiger partial charge on any atom is -0.370 e. The molecule has 1 fully saturated rings. The third-order valence-corrected chi connectivity index (χ3v) is 3.29. The van der Waals surface area contributed by atoms with Crippen LogP contribution in [0.5, 0.6) is 0 Å². The molecular formula is C11H16BrN3. The number of nitrogens with zero attached hydrogens (tertiary/aromatic N) is 2. The van der Waals surface area contributed by atoms with E-state index in [0.29, 0.717) is 0 Å². The lowest BCUT2D eigenvalue weighted by atomic mass is 10.3. The highest BCUT2D eigenvalue weighted by molar-refractivity contribution is 9.10. The highest BCUT2D eigenvalue weighted by Gasteiger charge is 2.31. The Bertz CT molecular complexity index is 354. The van der Waals surface area contributed by atoms with Gasteiger partial charge in [-0.15, -0.1) is 0 Å². The number of hydrogen-bond acceptors (Lipinski definition) is 3. The van der Waals surface area contributed by atoms with E-state index < -0.39 is 0 Å². The summed E-state index contributed by atoms with van der Waals surface area (Å²) in [4.78, 5) is 8.70. The van der Waals surface area contributed by atoms with Crippen LogP contribution in [0, 0.1) is 11.8 Å². The predicted octanol–water partition coefficient (Wildman–Crippen LogP) is 2.87. The molecule has 0 saturated heterocycles. The van der Waals surface area contributed by atoms with Crippen LogP contribution < -0.4 is 5.32 Å². The summed E-state index contributed by atoms with van der Waals surface area (Å²) >= 11 is 3.40. The van der Waals surface area contributed by atoms with Crippen LogP contribution in [-0.4, -0.2) is 16.5 Å². The fourth-order valence-corrected chi connectivity index (χ4v) is 2.05. The standard InChI is InChI=1S/C11H16BrN3/c1-3-10-14-9(12)5-11(15-10)13-6-8-4-7(8)2/h5,7-8H,3-4,6H2,1-2H3,(H,13,14,15). The van der Waals surface area contributed by atoms with E-state index in [-0.39, 0.29) is 0 Å². The molecule has 0 spiro atoms. The zero-order valence-electron chi connectivity index (χ0n) is 9.13. The molecule has 1 saturated carbocycles. The van der Waals surface area contributed by atoms with Gasteiger partial charge in [-0.05, 0) is 34.2 Å². The average Bonchev–Trinajstić information content (AvgIpc) is 2.91. The average molecular weight is 270 g/mol. The lowest BCUT2D eigenvalue weighted by Gasteiger charge is -2.06. The van der Waals surface area contributed by atoms with Crippen LogP contribution in [0.3, 0.4) is 0 Å². The van der Waals surface area contributed by atoms with Gasteiger partial charge in [-0.1, -0.05) is 13.8 Å². The lowest BCUT2D eigenvalue weighted by molar-refractivity contribution is 0.781. The van der Waals surface area contributed by atoms with Gasteiger partial charge in [0, 0.05) is 19.0 Å². The smallest absolute Gasteiger partial charge is 0.131 e. The van der Waals surface area contributed by atoms with Gasteiger partial charge in [0.05, 0.1) is 0 Å². The van der Waals surface area contributed by atoms with Crippen molar-refractivity contribution in [2.45, 2.75) is 26.7 Å². The molecule has 0 radical (unpaired) electrons. The molecule has 1 N–H and O–H groups in total. The first-order chi connectivity index (χ1) is 7.19. The zero-order valence-corrected chi connectivity index (χ0v) is 10.7. The summed E-state index contributed by atoms with van der Waals surface area (Å²) in [5.74, 6) is 3.54. The van der Waals surface area contributed by atoms with Crippen molar-refractivity contribution in [2.75, 3.05) is 11.9 Å². The molecule has 4 heteroatoms. The molecular weight excluding hydrogens is 254 g/mol. The molecule has 15 heavy (non-hydrogen) atoms. The van der Waals surface area contributed by atoms with Gasteiger partial charge in [-0.2, -0.15) is 0 Å². The van der Waals surface area contributed by atoms with Gasteiger partial charge in [-0.25, -0.2) is 9.97 Å². The minimum atomic E-state index is 0.837. The van der Waals surface area contributed by atoms with Crippen molar-refractivity contribution in [2.24, 2.45) is 11.8 Å². The van der Waals surface area contributed by atoms with E-state index >= 15 is 0 Å². The molecule has 1 heterocycles. The molecule has 0 aliphatic heterocycles. The van der Waals surface area contributed by atoms with Crippen LogP contribution in [0.1, 0.15) is 26.1 Å². The Labute approximate surface area is 98.8 Å². The van der Waals surface area contributed by atoms with Crippen LogP contribution in [0.2, 0.25) is 0 Å². The first-order valence-corrected chi connectivity index (χ1v) is 6.25. The van der Waals surface area contributed by atoms with Crippen molar-refractivity contribution in [3.63, 3.8) is 0 Å². The number of hydrogen-bond donors (Lipinski definition) is 1. The molecule has 82 valence electrons. The van der Waals surface area contributed by atoms with E-state index in [1.165, 1.54) is 6.42 Å². The van der Waals surface area contributed by atoms with E-state index in [1.807, 2.05) is 6.07 Å². The van der Waals surface area contributed by atoms with Crippen molar-refractivity contribution in [1.82, 2.24) is 9.97 Å². The second-order valence-corrected chi connectivity index (χ2v) is 5.01. The van der Waals surface area contributed by atoms with E-state index in [4.69, 9.17) is 0 Å². The molecule has 0 bridgehead atoms. The summed E-state index contributed by atoms with van der Waals surface area (Å²) < 4.78 is 0.862. The number of anilines is 1. The molecule has 3 nitrogen and oxygen atoms in total. The van der Waals surface area contributed by atoms with Gasteiger partial charge in [0.15, 0.2) is 0 Å². The van der Waals surface area contributed by atoms with Crippen molar-refractivity contribution < 1.29 is 0 Å². The molecule has 2 rings (SSSR count). The predicted molar refractivity (Wildman–Crippen MR) is 64.9 cm³/mol. The third-order valence-electron chi connectivity index (χ3n) is 2.88. The number of halogens is 1. The van der Waals surface area contributed by atoms with Crippen LogP contribution in [0.4, 0.5) is 5.82 Å². The van der Waals surface area contributed by atoms with E-state index in [0.717, 1.165) is 41.0 Å². The molecule has 0 amide bonds. The Morgan fingerprint density at radius 3 is 2.87 bits per heavy atom. The van der Waals surface area contributed by atoms with E-state index in [9.17, 15) is 0 Å². The summed E-state index contributed by atoms with van der Waals surface area (Å²) in [5.41, 5.74) is 0. The lowest BCUT2D eigenvalue weighted by Crippen LogP contribution is -2.07. The van der Waals surface area contributed by atoms with Crippen LogP contribution in [-0.2, 0) is 6.42 Å². The SMILES string of the molecule is CCc1nc(Br)cc(NCC2CC2C)n1. The Kier molecular flexibility index (Phi) is 3.24. The zero-order chi connectivity index (χ0) is 10.8. The quantitative estimate of drug-likeness (QED) is 0.855. The molecule has 1 aliphatic carbocycles. The van der Waals surface area contributed by atoms with Crippen LogP contribution in [0.25, 0.3) is 0 Å². The minimum absolute atomic E-state index is 0.837. The Morgan fingerprint density at radius 2 is 2.27 bits per heavy atom. The van der Waals surface area contributed by atoms with Gasteiger partial charge in [0.1, 0.15) is 16.2 Å². The number of nitrogens with one attached hydrogen (secondary N) is 1. The molecule has 2 unspecified atom stereocenters. The van der Waals surface area contributed by atoms with Gasteiger partial charge in [-0.3, -0.25) is 0 Å². The molecule has 0 aromatic carbocycles. The Balaban J connectivity index is 1.97. The second kappa shape index (κ2) is 4.47. The molecule has 1 aromatic heterocycles. The summed E-state index contributed by atoms with van der Waals surface area (Å²) in [6, 6.07) is 1.94. The number of rotatable bonds is 4. The van der Waals surface area contributed by atoms with Crippen molar-refractivity contribution in [3.05, 3.63) is 16.5 Å². The summed E-state index contributed by atoms with van der Waals surface area (Å²) in [5, 5.41) is 3.37. The molecule has 2 atom stereocenters. The maximum atomic E-state index is 4.42. The van der Waals surface area contributed by atoms with Gasteiger partial charge < -0.3 is 5.32 Å². The maximum Gasteiger partial charge on any atom is 0.131 e. The van der Waals surface area contributed by atoms with Crippen LogP contribution in [0.15, 0.2) is 10.7 Å². The maximum absolute atomic E-state index is 4.42. The highest BCUT2D eigenvalue weighted by Crippen LogP contribution is 2.37. The summed E-state index contributed by atoms with van der Waals surface area (Å²) in [7, 11) is 0. The van der Waals surface area contributed by atoms with Gasteiger partial charge in [0.2, 0.25) is 0 Å². The first-order valence-electron chi connectivity index (χ1n) is 5.46. The van der Waals surface area contributed by atoms with Crippen LogP contribution >= 0.6 is 15.9 Å². The number of aryl methyl sites for hydroxylation is 1. The Morgan fingerprint density at radius 1 is 1.53 bits per heavy atom. The number of aromatic nitrogens is 2. The topological polar surface area (TPSA) is 37.8 Å². The largest absolute Gasteiger partial charge is 0.370 e. The normalized spacial score (nSPS) is 23.9. The fourth-order valence-electron chi connectivity index (χ4n) is 1.63. The van der Waals surface area contributed by atoms with Crippen molar-refractivity contribution >= 4 is 21.7 Å². The summed E-state index contributed by atoms with van der Waals surface area (Å²) in [6.45, 7) is 5.39. The van der Waals surface area contributed by atoms with Crippen molar-refractivity contribution in [3.8, 4) is 0 Å². The third kappa shape index (κ3) is 2.91. The van der Waals surface area contributed by atoms with E-state index in [1.54, 1.807) is 0 Å². The van der Waals surface area contributed by atoms with Gasteiger partial charge in [0.25, 0.3) is 0 Å². The second-order valence-electron chi connectivity index (χ2n) is 4.20. The fraction of sp³-hybridized carbons (Fsp3) is 0.636. The summed E-state index contributed by atoms with van der Waals surface area (Å²) in [6.07, 6.45) is 2.22. The molecule has 1 aliphatic rings. The monoisotopic (exact) mass is 269 g/mol. The molecule has 1 aromatic rings. The van der Waals surface area contributed by atoms with Crippen molar-refractivity contribution in [1.29, 1.82) is 0 Å².